The van der Waals surface area contributed by atoms with Crippen molar-refractivity contribution in [2.45, 2.75) is 25.0 Å². The number of phenolic OH excluding ortho intramolecular Hbond substituents is 1. The van der Waals surface area contributed by atoms with Gasteiger partial charge in [0.25, 0.3) is 0 Å². The minimum atomic E-state index is -0.983. The predicted octanol–water partition coefficient (Wildman–Crippen LogP) is 4.54. The second kappa shape index (κ2) is 8.17. The third-order valence-electron chi connectivity index (χ3n) is 5.99. The Hall–Kier alpha value is -2.62. The molecule has 0 atom stereocenters. The van der Waals surface area contributed by atoms with E-state index < -0.39 is 5.60 Å². The largest absolute Gasteiger partial charge is 0.508 e. The van der Waals surface area contributed by atoms with E-state index in [4.69, 9.17) is 0 Å². The molecule has 1 aliphatic rings. The molecular weight excluding hydrogens is 346 g/mol. The summed E-state index contributed by atoms with van der Waals surface area (Å²) in [6, 6.07) is 27.6. The number of likely N-dealkylation sites (tertiary alicyclic amines) is 1. The molecule has 4 rings (SSSR count). The van der Waals surface area contributed by atoms with Crippen LogP contribution in [0.2, 0.25) is 0 Å². The van der Waals surface area contributed by atoms with Crippen molar-refractivity contribution in [3.63, 3.8) is 0 Å². The fraction of sp³-hybridized carbons (Fsp3) is 0.280. The number of rotatable bonds is 5. The molecule has 0 unspecified atom stereocenters. The van der Waals surface area contributed by atoms with E-state index in [1.54, 1.807) is 6.07 Å². The number of nitrogens with zero attached hydrogens (tertiary/aromatic N) is 1. The summed E-state index contributed by atoms with van der Waals surface area (Å²) in [6.45, 7) is 2.55. The minimum Gasteiger partial charge on any atom is -0.508 e. The molecule has 0 radical (unpaired) electrons. The molecule has 3 aromatic rings. The second-order valence-corrected chi connectivity index (χ2v) is 7.68. The SMILES string of the molecule is Oc1ccccc1CN1CCC(C(O)(c2ccccc2)c2ccccc2)CC1. The molecule has 0 aliphatic carbocycles. The van der Waals surface area contributed by atoms with Gasteiger partial charge in [-0.2, -0.15) is 0 Å². The van der Waals surface area contributed by atoms with Crippen molar-refractivity contribution < 1.29 is 10.2 Å². The summed E-state index contributed by atoms with van der Waals surface area (Å²) < 4.78 is 0. The summed E-state index contributed by atoms with van der Waals surface area (Å²) in [7, 11) is 0. The van der Waals surface area contributed by atoms with Gasteiger partial charge in [-0.25, -0.2) is 0 Å². The molecule has 0 aromatic heterocycles. The normalized spacial score (nSPS) is 16.2. The molecule has 1 heterocycles. The molecule has 3 aromatic carbocycles. The highest BCUT2D eigenvalue weighted by molar-refractivity contribution is 5.37. The standard InChI is InChI=1S/C25H27NO2/c27-24-14-8-7-9-20(24)19-26-17-15-23(16-18-26)25(28,21-10-3-1-4-11-21)22-12-5-2-6-13-22/h1-14,23,27-28H,15-19H2. The van der Waals surface area contributed by atoms with E-state index in [0.29, 0.717) is 5.75 Å². The number of hydrogen-bond donors (Lipinski definition) is 2. The van der Waals surface area contributed by atoms with E-state index in [1.165, 1.54) is 0 Å². The highest BCUT2D eigenvalue weighted by Gasteiger charge is 2.41. The predicted molar refractivity (Wildman–Crippen MR) is 112 cm³/mol. The van der Waals surface area contributed by atoms with Gasteiger partial charge >= 0.3 is 0 Å². The van der Waals surface area contributed by atoms with E-state index in [1.807, 2.05) is 78.9 Å². The molecule has 0 spiro atoms. The van der Waals surface area contributed by atoms with Crippen LogP contribution in [0.15, 0.2) is 84.9 Å². The zero-order valence-electron chi connectivity index (χ0n) is 16.0. The van der Waals surface area contributed by atoms with Crippen molar-refractivity contribution >= 4 is 0 Å². The van der Waals surface area contributed by atoms with Crippen LogP contribution in [0.3, 0.4) is 0 Å². The summed E-state index contributed by atoms with van der Waals surface area (Å²) in [5.41, 5.74) is 1.90. The zero-order valence-corrected chi connectivity index (χ0v) is 16.0. The van der Waals surface area contributed by atoms with Crippen molar-refractivity contribution in [3.05, 3.63) is 102 Å². The zero-order chi connectivity index (χ0) is 19.4. The molecule has 0 saturated carbocycles. The Morgan fingerprint density at radius 3 is 1.79 bits per heavy atom. The number of piperidine rings is 1. The van der Waals surface area contributed by atoms with Crippen LogP contribution >= 0.6 is 0 Å². The third-order valence-corrected chi connectivity index (χ3v) is 5.99. The van der Waals surface area contributed by atoms with Crippen LogP contribution in [0.4, 0.5) is 0 Å². The van der Waals surface area contributed by atoms with Crippen LogP contribution in [0, 0.1) is 5.92 Å². The fourth-order valence-electron chi connectivity index (χ4n) is 4.42. The first-order valence-electron chi connectivity index (χ1n) is 10.0. The van der Waals surface area contributed by atoms with Crippen LogP contribution in [-0.2, 0) is 12.1 Å². The Kier molecular flexibility index (Phi) is 5.47. The van der Waals surface area contributed by atoms with Gasteiger partial charge in [0.2, 0.25) is 0 Å². The van der Waals surface area contributed by atoms with Gasteiger partial charge < -0.3 is 10.2 Å². The number of aromatic hydroxyl groups is 1. The molecule has 28 heavy (non-hydrogen) atoms. The van der Waals surface area contributed by atoms with Crippen LogP contribution < -0.4 is 0 Å². The summed E-state index contributed by atoms with van der Waals surface area (Å²) >= 11 is 0. The Balaban J connectivity index is 1.54. The van der Waals surface area contributed by atoms with Gasteiger partial charge in [-0.05, 0) is 49.0 Å². The molecule has 0 amide bonds. The molecular formula is C25H27NO2. The maximum atomic E-state index is 11.9. The Labute approximate surface area is 166 Å². The lowest BCUT2D eigenvalue weighted by Crippen LogP contribution is -2.44. The fourth-order valence-corrected chi connectivity index (χ4v) is 4.42. The number of para-hydroxylation sites is 1. The Morgan fingerprint density at radius 2 is 1.25 bits per heavy atom. The van der Waals surface area contributed by atoms with Gasteiger partial charge in [-0.3, -0.25) is 4.90 Å². The number of phenols is 1. The average Bonchev–Trinajstić information content (AvgIpc) is 2.76. The van der Waals surface area contributed by atoms with Crippen LogP contribution in [0.1, 0.15) is 29.5 Å². The first-order chi connectivity index (χ1) is 13.7. The highest BCUT2D eigenvalue weighted by Crippen LogP contribution is 2.42. The van der Waals surface area contributed by atoms with E-state index in [-0.39, 0.29) is 5.92 Å². The lowest BCUT2D eigenvalue weighted by molar-refractivity contribution is -0.0153. The summed E-state index contributed by atoms with van der Waals surface area (Å²) in [5.74, 6) is 0.507. The lowest BCUT2D eigenvalue weighted by atomic mass is 9.72. The summed E-state index contributed by atoms with van der Waals surface area (Å²) in [6.07, 6.45) is 1.82. The van der Waals surface area contributed by atoms with Gasteiger partial charge in [-0.15, -0.1) is 0 Å². The van der Waals surface area contributed by atoms with Crippen molar-refractivity contribution in [1.29, 1.82) is 0 Å². The molecule has 0 bridgehead atoms. The average molecular weight is 373 g/mol. The number of hydrogen-bond acceptors (Lipinski definition) is 3. The molecule has 1 saturated heterocycles. The number of aliphatic hydroxyl groups is 1. The molecule has 1 aliphatic heterocycles. The van der Waals surface area contributed by atoms with Crippen LogP contribution in [0.5, 0.6) is 5.75 Å². The minimum absolute atomic E-state index is 0.151. The third kappa shape index (κ3) is 3.68. The van der Waals surface area contributed by atoms with E-state index >= 15 is 0 Å². The smallest absolute Gasteiger partial charge is 0.120 e. The van der Waals surface area contributed by atoms with Crippen LogP contribution in [0.25, 0.3) is 0 Å². The maximum absolute atomic E-state index is 11.9. The van der Waals surface area contributed by atoms with Crippen molar-refractivity contribution in [3.8, 4) is 5.75 Å². The first kappa shape index (κ1) is 18.7. The Bertz CT molecular complexity index is 847. The molecule has 3 nitrogen and oxygen atoms in total. The topological polar surface area (TPSA) is 43.7 Å². The maximum Gasteiger partial charge on any atom is 0.120 e. The summed E-state index contributed by atoms with van der Waals surface area (Å²) in [5, 5.41) is 22.0. The van der Waals surface area contributed by atoms with Gasteiger partial charge in [0.05, 0.1) is 0 Å². The van der Waals surface area contributed by atoms with E-state index in [2.05, 4.69) is 4.90 Å². The van der Waals surface area contributed by atoms with Crippen molar-refractivity contribution in [2.75, 3.05) is 13.1 Å². The van der Waals surface area contributed by atoms with Gasteiger partial charge in [0.1, 0.15) is 11.4 Å². The van der Waals surface area contributed by atoms with Crippen molar-refractivity contribution in [2.24, 2.45) is 5.92 Å². The van der Waals surface area contributed by atoms with Gasteiger partial charge in [-0.1, -0.05) is 78.9 Å². The highest BCUT2D eigenvalue weighted by atomic mass is 16.3. The van der Waals surface area contributed by atoms with E-state index in [0.717, 1.165) is 49.2 Å². The summed E-state index contributed by atoms with van der Waals surface area (Å²) in [4.78, 5) is 2.36. The molecule has 3 heteroatoms. The second-order valence-electron chi connectivity index (χ2n) is 7.68. The molecule has 2 N–H and O–H groups in total. The van der Waals surface area contributed by atoms with Gasteiger partial charge in [0, 0.05) is 12.1 Å². The number of benzene rings is 3. The Morgan fingerprint density at radius 1 is 0.750 bits per heavy atom. The van der Waals surface area contributed by atoms with Crippen molar-refractivity contribution in [1.82, 2.24) is 4.90 Å². The molecule has 144 valence electrons. The molecule has 1 fully saturated rings. The quantitative estimate of drug-likeness (QED) is 0.690. The van der Waals surface area contributed by atoms with E-state index in [9.17, 15) is 10.2 Å². The van der Waals surface area contributed by atoms with Crippen LogP contribution in [-0.4, -0.2) is 28.2 Å². The first-order valence-corrected chi connectivity index (χ1v) is 10.0. The van der Waals surface area contributed by atoms with Gasteiger partial charge in [0.15, 0.2) is 0 Å². The lowest BCUT2D eigenvalue weighted by Gasteiger charge is -2.42. The monoisotopic (exact) mass is 373 g/mol.